The maximum Gasteiger partial charge on any atom is 0.227 e. The molecule has 1 amide bonds. The second-order valence-corrected chi connectivity index (χ2v) is 6.77. The lowest BCUT2D eigenvalue weighted by atomic mass is 10.1. The van der Waals surface area contributed by atoms with Crippen molar-refractivity contribution in [1.29, 1.82) is 0 Å². The van der Waals surface area contributed by atoms with E-state index in [1.807, 2.05) is 53.4 Å². The Hall–Kier alpha value is -2.73. The molecule has 1 heterocycles. The number of amides is 1. The van der Waals surface area contributed by atoms with Gasteiger partial charge in [-0.05, 0) is 42.0 Å². The van der Waals surface area contributed by atoms with Crippen LogP contribution in [0.2, 0.25) is 0 Å². The van der Waals surface area contributed by atoms with Crippen molar-refractivity contribution in [3.05, 3.63) is 54.1 Å². The van der Waals surface area contributed by atoms with Crippen LogP contribution in [0.5, 0.6) is 17.2 Å². The summed E-state index contributed by atoms with van der Waals surface area (Å²) >= 11 is 0. The minimum atomic E-state index is 0.180. The zero-order valence-electron chi connectivity index (χ0n) is 16.6. The Morgan fingerprint density at radius 3 is 1.93 bits per heavy atom. The Balaban J connectivity index is 1.36. The summed E-state index contributed by atoms with van der Waals surface area (Å²) in [5.41, 5.74) is 1.01. The highest BCUT2D eigenvalue weighted by atomic mass is 16.5. The largest absolute Gasteiger partial charge is 0.497 e. The minimum absolute atomic E-state index is 0.180. The highest BCUT2D eigenvalue weighted by Crippen LogP contribution is 2.17. The number of ether oxygens (including phenoxy) is 3. The molecule has 0 unspecified atom stereocenters. The first-order valence-corrected chi connectivity index (χ1v) is 9.58. The average Bonchev–Trinajstić information content (AvgIpc) is 2.75. The molecule has 6 heteroatoms. The van der Waals surface area contributed by atoms with E-state index in [1.54, 1.807) is 14.2 Å². The Morgan fingerprint density at radius 2 is 1.36 bits per heavy atom. The van der Waals surface area contributed by atoms with E-state index in [4.69, 9.17) is 14.2 Å². The molecule has 2 aromatic rings. The van der Waals surface area contributed by atoms with Crippen LogP contribution in [0.3, 0.4) is 0 Å². The number of nitrogens with zero attached hydrogens (tertiary/aromatic N) is 2. The van der Waals surface area contributed by atoms with E-state index < -0.39 is 0 Å². The fourth-order valence-electron chi connectivity index (χ4n) is 3.22. The zero-order chi connectivity index (χ0) is 19.8. The van der Waals surface area contributed by atoms with Crippen LogP contribution in [-0.4, -0.2) is 69.3 Å². The van der Waals surface area contributed by atoms with Gasteiger partial charge in [0.1, 0.15) is 23.9 Å². The Morgan fingerprint density at radius 1 is 0.821 bits per heavy atom. The highest BCUT2D eigenvalue weighted by molar-refractivity contribution is 5.79. The lowest BCUT2D eigenvalue weighted by Gasteiger charge is -2.34. The van der Waals surface area contributed by atoms with Crippen LogP contribution in [0, 0.1) is 0 Å². The zero-order valence-corrected chi connectivity index (χ0v) is 16.6. The van der Waals surface area contributed by atoms with Crippen LogP contribution < -0.4 is 14.2 Å². The van der Waals surface area contributed by atoms with Gasteiger partial charge >= 0.3 is 0 Å². The molecule has 0 aromatic heterocycles. The SMILES string of the molecule is COc1ccc(CC(=O)N2CCN(CCOc3ccc(OC)cc3)CC2)cc1. The monoisotopic (exact) mass is 384 g/mol. The summed E-state index contributed by atoms with van der Waals surface area (Å²) in [6.45, 7) is 4.76. The van der Waals surface area contributed by atoms with Crippen molar-refractivity contribution in [2.24, 2.45) is 0 Å². The van der Waals surface area contributed by atoms with Gasteiger partial charge in [0.15, 0.2) is 0 Å². The lowest BCUT2D eigenvalue weighted by Crippen LogP contribution is -2.49. The third-order valence-electron chi connectivity index (χ3n) is 4.98. The van der Waals surface area contributed by atoms with E-state index in [0.29, 0.717) is 13.0 Å². The number of methoxy groups -OCH3 is 2. The van der Waals surface area contributed by atoms with Crippen molar-refractivity contribution >= 4 is 5.91 Å². The van der Waals surface area contributed by atoms with Crippen molar-refractivity contribution in [2.45, 2.75) is 6.42 Å². The van der Waals surface area contributed by atoms with Crippen LogP contribution in [0.25, 0.3) is 0 Å². The van der Waals surface area contributed by atoms with Gasteiger partial charge in [-0.1, -0.05) is 12.1 Å². The molecule has 3 rings (SSSR count). The molecule has 0 atom stereocenters. The van der Waals surface area contributed by atoms with Gasteiger partial charge in [0.05, 0.1) is 20.6 Å². The fourth-order valence-corrected chi connectivity index (χ4v) is 3.22. The first-order valence-electron chi connectivity index (χ1n) is 9.58. The van der Waals surface area contributed by atoms with E-state index >= 15 is 0 Å². The standard InChI is InChI=1S/C22H28N2O4/c1-26-19-5-3-18(4-6-19)17-22(25)24-13-11-23(12-14-24)15-16-28-21-9-7-20(27-2)8-10-21/h3-10H,11-17H2,1-2H3. The van der Waals surface area contributed by atoms with Gasteiger partial charge in [0.2, 0.25) is 5.91 Å². The highest BCUT2D eigenvalue weighted by Gasteiger charge is 2.21. The third kappa shape index (κ3) is 5.63. The molecule has 0 aliphatic carbocycles. The summed E-state index contributed by atoms with van der Waals surface area (Å²) in [6, 6.07) is 15.3. The Kier molecular flexibility index (Phi) is 7.14. The average molecular weight is 384 g/mol. The van der Waals surface area contributed by atoms with Gasteiger partial charge in [-0.2, -0.15) is 0 Å². The van der Waals surface area contributed by atoms with E-state index in [9.17, 15) is 4.79 Å². The van der Waals surface area contributed by atoms with Gasteiger partial charge in [0, 0.05) is 32.7 Å². The van der Waals surface area contributed by atoms with Gasteiger partial charge in [-0.15, -0.1) is 0 Å². The van der Waals surface area contributed by atoms with Crippen LogP contribution >= 0.6 is 0 Å². The summed E-state index contributed by atoms with van der Waals surface area (Å²) < 4.78 is 16.1. The van der Waals surface area contributed by atoms with Crippen molar-refractivity contribution in [3.63, 3.8) is 0 Å². The maximum atomic E-state index is 12.5. The van der Waals surface area contributed by atoms with E-state index in [1.165, 1.54) is 0 Å². The Labute approximate surface area is 166 Å². The predicted molar refractivity (Wildman–Crippen MR) is 108 cm³/mol. The molecule has 28 heavy (non-hydrogen) atoms. The Bertz CT molecular complexity index is 738. The normalized spacial score (nSPS) is 14.6. The smallest absolute Gasteiger partial charge is 0.227 e. The molecule has 0 N–H and O–H groups in total. The summed E-state index contributed by atoms with van der Waals surface area (Å²) in [6.07, 6.45) is 0.435. The second kappa shape index (κ2) is 9.99. The molecule has 2 aromatic carbocycles. The topological polar surface area (TPSA) is 51.2 Å². The molecule has 150 valence electrons. The van der Waals surface area contributed by atoms with E-state index in [0.717, 1.165) is 55.5 Å². The van der Waals surface area contributed by atoms with Crippen molar-refractivity contribution < 1.29 is 19.0 Å². The van der Waals surface area contributed by atoms with Crippen LogP contribution in [0.1, 0.15) is 5.56 Å². The number of piperazine rings is 1. The van der Waals surface area contributed by atoms with Gasteiger partial charge < -0.3 is 19.1 Å². The molecule has 0 radical (unpaired) electrons. The lowest BCUT2D eigenvalue weighted by molar-refractivity contribution is -0.132. The predicted octanol–water partition coefficient (Wildman–Crippen LogP) is 2.47. The quantitative estimate of drug-likeness (QED) is 0.700. The molecule has 1 aliphatic rings. The molecule has 0 spiro atoms. The molecule has 1 aliphatic heterocycles. The number of carbonyl (C=O) groups is 1. The molecule has 0 saturated carbocycles. The van der Waals surface area contributed by atoms with Crippen LogP contribution in [0.4, 0.5) is 0 Å². The number of carbonyl (C=O) groups excluding carboxylic acids is 1. The van der Waals surface area contributed by atoms with Gasteiger partial charge in [-0.25, -0.2) is 0 Å². The van der Waals surface area contributed by atoms with Crippen molar-refractivity contribution in [3.8, 4) is 17.2 Å². The first-order chi connectivity index (χ1) is 13.7. The van der Waals surface area contributed by atoms with E-state index in [-0.39, 0.29) is 5.91 Å². The van der Waals surface area contributed by atoms with E-state index in [2.05, 4.69) is 4.90 Å². The summed E-state index contributed by atoms with van der Waals surface area (Å²) in [5, 5.41) is 0. The molecular formula is C22H28N2O4. The fraction of sp³-hybridized carbons (Fsp3) is 0.409. The minimum Gasteiger partial charge on any atom is -0.497 e. The molecule has 0 bridgehead atoms. The number of hydrogen-bond acceptors (Lipinski definition) is 5. The van der Waals surface area contributed by atoms with Crippen molar-refractivity contribution in [1.82, 2.24) is 9.80 Å². The van der Waals surface area contributed by atoms with Crippen molar-refractivity contribution in [2.75, 3.05) is 53.6 Å². The number of hydrogen-bond donors (Lipinski definition) is 0. The summed E-state index contributed by atoms with van der Waals surface area (Å²) in [5.74, 6) is 2.65. The number of rotatable bonds is 8. The maximum absolute atomic E-state index is 12.5. The van der Waals surface area contributed by atoms with Gasteiger partial charge in [-0.3, -0.25) is 9.69 Å². The molecule has 6 nitrogen and oxygen atoms in total. The molecule has 1 saturated heterocycles. The summed E-state index contributed by atoms with van der Waals surface area (Å²) in [7, 11) is 3.29. The van der Waals surface area contributed by atoms with Gasteiger partial charge in [0.25, 0.3) is 0 Å². The second-order valence-electron chi connectivity index (χ2n) is 6.77. The third-order valence-corrected chi connectivity index (χ3v) is 4.98. The number of benzene rings is 2. The first kappa shape index (κ1) is 20.0. The molecule has 1 fully saturated rings. The van der Waals surface area contributed by atoms with Crippen LogP contribution in [-0.2, 0) is 11.2 Å². The summed E-state index contributed by atoms with van der Waals surface area (Å²) in [4.78, 5) is 16.8. The molecular weight excluding hydrogens is 356 g/mol. The van der Waals surface area contributed by atoms with Crippen LogP contribution in [0.15, 0.2) is 48.5 Å².